The molecule has 1 aromatic heterocycles. The van der Waals surface area contributed by atoms with Crippen molar-refractivity contribution in [2.24, 2.45) is 0 Å². The minimum atomic E-state index is -0.180. The van der Waals surface area contributed by atoms with E-state index >= 15 is 0 Å². The van der Waals surface area contributed by atoms with Crippen LogP contribution in [0.4, 0.5) is 0 Å². The lowest BCUT2D eigenvalue weighted by atomic mass is 10.1. The zero-order valence-electron chi connectivity index (χ0n) is 12.9. The maximum atomic E-state index is 12.3. The summed E-state index contributed by atoms with van der Waals surface area (Å²) in [7, 11) is 0. The van der Waals surface area contributed by atoms with E-state index < -0.39 is 0 Å². The smallest absolute Gasteiger partial charge is 0.253 e. The zero-order chi connectivity index (χ0) is 16.3. The first-order valence-corrected chi connectivity index (χ1v) is 7.97. The molecule has 0 atom stereocenters. The summed E-state index contributed by atoms with van der Waals surface area (Å²) >= 11 is 3.37. The number of aromatic amines is 1. The first-order chi connectivity index (χ1) is 10.4. The second kappa shape index (κ2) is 6.92. The minimum absolute atomic E-state index is 0.136. The van der Waals surface area contributed by atoms with Gasteiger partial charge in [0.05, 0.1) is 0 Å². The SMILES string of the molecule is CCc1cc(C)[nH]c(=O)c1CNC(=O)c1cc(Br)ccc1C. The molecule has 0 unspecified atom stereocenters. The van der Waals surface area contributed by atoms with Crippen LogP contribution in [-0.4, -0.2) is 10.9 Å². The lowest BCUT2D eigenvalue weighted by Gasteiger charge is -2.11. The molecule has 1 amide bonds. The highest BCUT2D eigenvalue weighted by Gasteiger charge is 2.12. The number of carbonyl (C=O) groups excluding carboxylic acids is 1. The van der Waals surface area contributed by atoms with Gasteiger partial charge < -0.3 is 10.3 Å². The van der Waals surface area contributed by atoms with E-state index in [1.165, 1.54) is 0 Å². The van der Waals surface area contributed by atoms with E-state index in [9.17, 15) is 9.59 Å². The summed E-state index contributed by atoms with van der Waals surface area (Å²) in [6, 6.07) is 7.51. The molecule has 0 aliphatic rings. The average Bonchev–Trinajstić information content (AvgIpc) is 2.47. The van der Waals surface area contributed by atoms with Crippen molar-refractivity contribution < 1.29 is 4.79 Å². The van der Waals surface area contributed by atoms with Crippen molar-refractivity contribution in [3.8, 4) is 0 Å². The van der Waals surface area contributed by atoms with Crippen LogP contribution in [0.2, 0.25) is 0 Å². The molecule has 5 heteroatoms. The van der Waals surface area contributed by atoms with Crippen LogP contribution >= 0.6 is 15.9 Å². The molecule has 0 aliphatic heterocycles. The molecule has 0 saturated heterocycles. The van der Waals surface area contributed by atoms with Crippen molar-refractivity contribution in [1.82, 2.24) is 10.3 Å². The summed E-state index contributed by atoms with van der Waals surface area (Å²) in [5.74, 6) is -0.180. The van der Waals surface area contributed by atoms with Gasteiger partial charge >= 0.3 is 0 Å². The predicted octanol–water partition coefficient (Wildman–Crippen LogP) is 3.25. The van der Waals surface area contributed by atoms with Crippen molar-refractivity contribution in [3.05, 3.63) is 67.0 Å². The number of carbonyl (C=O) groups is 1. The Morgan fingerprint density at radius 2 is 2.00 bits per heavy atom. The Hall–Kier alpha value is -1.88. The lowest BCUT2D eigenvalue weighted by Crippen LogP contribution is -2.28. The van der Waals surface area contributed by atoms with Gasteiger partial charge in [0.15, 0.2) is 0 Å². The van der Waals surface area contributed by atoms with Gasteiger partial charge in [0.1, 0.15) is 0 Å². The number of nitrogens with one attached hydrogen (secondary N) is 2. The molecule has 22 heavy (non-hydrogen) atoms. The highest BCUT2D eigenvalue weighted by Crippen LogP contribution is 2.16. The highest BCUT2D eigenvalue weighted by molar-refractivity contribution is 9.10. The van der Waals surface area contributed by atoms with Gasteiger partial charge in [-0.05, 0) is 49.6 Å². The molecule has 0 radical (unpaired) electrons. The molecule has 0 bridgehead atoms. The summed E-state index contributed by atoms with van der Waals surface area (Å²) in [5.41, 5.74) is 3.79. The normalized spacial score (nSPS) is 10.5. The Bertz CT molecular complexity index is 766. The lowest BCUT2D eigenvalue weighted by molar-refractivity contribution is 0.0950. The highest BCUT2D eigenvalue weighted by atomic mass is 79.9. The van der Waals surface area contributed by atoms with Gasteiger partial charge in [-0.25, -0.2) is 0 Å². The third-order valence-corrected chi connectivity index (χ3v) is 4.11. The zero-order valence-corrected chi connectivity index (χ0v) is 14.5. The van der Waals surface area contributed by atoms with Crippen LogP contribution in [0.25, 0.3) is 0 Å². The average molecular weight is 363 g/mol. The van der Waals surface area contributed by atoms with Crippen LogP contribution in [0.15, 0.2) is 33.5 Å². The van der Waals surface area contributed by atoms with E-state index in [2.05, 4.69) is 26.2 Å². The van der Waals surface area contributed by atoms with Crippen LogP contribution < -0.4 is 10.9 Å². The molecular formula is C17H19BrN2O2. The van der Waals surface area contributed by atoms with Gasteiger partial charge in [0, 0.05) is 27.8 Å². The molecule has 1 aromatic carbocycles. The number of H-pyrrole nitrogens is 1. The molecule has 2 aromatic rings. The summed E-state index contributed by atoms with van der Waals surface area (Å²) < 4.78 is 0.852. The third-order valence-electron chi connectivity index (χ3n) is 3.61. The monoisotopic (exact) mass is 362 g/mol. The molecule has 2 rings (SSSR count). The molecular weight excluding hydrogens is 344 g/mol. The first-order valence-electron chi connectivity index (χ1n) is 7.18. The van der Waals surface area contributed by atoms with Crippen molar-refractivity contribution in [3.63, 3.8) is 0 Å². The molecule has 116 valence electrons. The van der Waals surface area contributed by atoms with Crippen molar-refractivity contribution in [2.75, 3.05) is 0 Å². The molecule has 0 fully saturated rings. The maximum Gasteiger partial charge on any atom is 0.253 e. The Morgan fingerprint density at radius 1 is 1.27 bits per heavy atom. The fraction of sp³-hybridized carbons (Fsp3) is 0.294. The second-order valence-corrected chi connectivity index (χ2v) is 6.20. The number of benzene rings is 1. The number of aromatic nitrogens is 1. The van der Waals surface area contributed by atoms with Gasteiger partial charge in [-0.2, -0.15) is 0 Å². The Labute approximate surface area is 138 Å². The third kappa shape index (κ3) is 3.65. The van der Waals surface area contributed by atoms with Gasteiger partial charge in [-0.15, -0.1) is 0 Å². The quantitative estimate of drug-likeness (QED) is 0.876. The van der Waals surface area contributed by atoms with Crippen molar-refractivity contribution >= 4 is 21.8 Å². The van der Waals surface area contributed by atoms with Gasteiger partial charge in [0.2, 0.25) is 0 Å². The molecule has 1 heterocycles. The second-order valence-electron chi connectivity index (χ2n) is 5.28. The summed E-state index contributed by atoms with van der Waals surface area (Å²) in [5, 5.41) is 2.84. The van der Waals surface area contributed by atoms with Crippen LogP contribution in [-0.2, 0) is 13.0 Å². The molecule has 4 nitrogen and oxygen atoms in total. The number of halogens is 1. The Kier molecular flexibility index (Phi) is 5.19. The first kappa shape index (κ1) is 16.5. The van der Waals surface area contributed by atoms with E-state index in [0.29, 0.717) is 11.1 Å². The molecule has 0 aliphatic carbocycles. The number of hydrogen-bond donors (Lipinski definition) is 2. The van der Waals surface area contributed by atoms with Crippen LogP contribution in [0.3, 0.4) is 0 Å². The summed E-state index contributed by atoms with van der Waals surface area (Å²) in [4.78, 5) is 27.2. The van der Waals surface area contributed by atoms with Crippen LogP contribution in [0.1, 0.15) is 39.7 Å². The van der Waals surface area contributed by atoms with Gasteiger partial charge in [-0.3, -0.25) is 9.59 Å². The van der Waals surface area contributed by atoms with Gasteiger partial charge in [0.25, 0.3) is 11.5 Å². The van der Waals surface area contributed by atoms with Crippen LogP contribution in [0.5, 0.6) is 0 Å². The number of amides is 1. The van der Waals surface area contributed by atoms with Crippen LogP contribution in [0, 0.1) is 13.8 Å². The number of rotatable bonds is 4. The Morgan fingerprint density at radius 3 is 2.68 bits per heavy atom. The van der Waals surface area contributed by atoms with Crippen molar-refractivity contribution in [1.29, 1.82) is 0 Å². The van der Waals surface area contributed by atoms with E-state index in [4.69, 9.17) is 0 Å². The summed E-state index contributed by atoms with van der Waals surface area (Å²) in [6.07, 6.45) is 0.756. The number of aryl methyl sites for hydroxylation is 3. The van der Waals surface area contributed by atoms with E-state index in [-0.39, 0.29) is 18.0 Å². The Balaban J connectivity index is 2.22. The maximum absolute atomic E-state index is 12.3. The number of hydrogen-bond acceptors (Lipinski definition) is 2. The predicted molar refractivity (Wildman–Crippen MR) is 91.2 cm³/mol. The largest absolute Gasteiger partial charge is 0.348 e. The summed E-state index contributed by atoms with van der Waals surface area (Å²) in [6.45, 7) is 5.97. The topological polar surface area (TPSA) is 62.0 Å². The fourth-order valence-electron chi connectivity index (χ4n) is 2.40. The molecule has 2 N–H and O–H groups in total. The van der Waals surface area contributed by atoms with E-state index in [1.807, 2.05) is 39.0 Å². The molecule has 0 saturated carbocycles. The standard InChI is InChI=1S/C17H19BrN2O2/c1-4-12-7-11(3)20-17(22)15(12)9-19-16(21)14-8-13(18)6-5-10(14)2/h5-8H,4,9H2,1-3H3,(H,19,21)(H,20,22). The van der Waals surface area contributed by atoms with Gasteiger partial charge in [-0.1, -0.05) is 28.9 Å². The minimum Gasteiger partial charge on any atom is -0.348 e. The number of pyridine rings is 1. The van der Waals surface area contributed by atoms with E-state index in [1.54, 1.807) is 6.07 Å². The van der Waals surface area contributed by atoms with Crippen molar-refractivity contribution in [2.45, 2.75) is 33.7 Å². The molecule has 0 spiro atoms. The van der Waals surface area contributed by atoms with E-state index in [0.717, 1.165) is 27.7 Å². The fourth-order valence-corrected chi connectivity index (χ4v) is 2.76.